The topological polar surface area (TPSA) is 106 Å². The van der Waals surface area contributed by atoms with Crippen LogP contribution < -0.4 is 10.4 Å². The van der Waals surface area contributed by atoms with Crippen LogP contribution in [0.1, 0.15) is 72.0 Å². The van der Waals surface area contributed by atoms with E-state index in [1.54, 1.807) is 24.4 Å². The third-order valence-corrected chi connectivity index (χ3v) is 18.2. The van der Waals surface area contributed by atoms with Gasteiger partial charge in [0, 0.05) is 34.5 Å². The van der Waals surface area contributed by atoms with Gasteiger partial charge >= 0.3 is 7.12 Å². The van der Waals surface area contributed by atoms with Crippen LogP contribution in [0.4, 0.5) is 0 Å². The van der Waals surface area contributed by atoms with E-state index in [1.165, 1.54) is 0 Å². The summed E-state index contributed by atoms with van der Waals surface area (Å²) < 4.78 is 14.2. The van der Waals surface area contributed by atoms with Crippen molar-refractivity contribution in [2.45, 2.75) is 57.5 Å². The van der Waals surface area contributed by atoms with Crippen LogP contribution in [0.5, 0.6) is 5.75 Å². The molecule has 5 aromatic carbocycles. The van der Waals surface area contributed by atoms with E-state index in [0.717, 1.165) is 49.1 Å². The SMILES string of the molecule is CC(C)(C)[Si](OCC1=C2[C@@H](CC/C(=C/c3ccc(O)c4ccccc34)c3ccccn3)OB(O)C[C@@H]2[C@@H]2C(=O)c3ccccc3C(=O)[C@@H]2C1)(c1ccccc1)c1ccccc1. The molecule has 4 atom stereocenters. The maximum atomic E-state index is 14.6. The number of ketones is 2. The van der Waals surface area contributed by atoms with Crippen LogP contribution in [-0.4, -0.2) is 54.8 Å². The van der Waals surface area contributed by atoms with E-state index in [2.05, 4.69) is 75.4 Å². The first kappa shape index (κ1) is 40.7. The van der Waals surface area contributed by atoms with E-state index >= 15 is 0 Å². The van der Waals surface area contributed by atoms with Crippen LogP contribution in [0.3, 0.4) is 0 Å². The first-order valence-electron chi connectivity index (χ1n) is 21.4. The molecule has 9 rings (SSSR count). The quantitative estimate of drug-likeness (QED) is 0.105. The Hall–Kier alpha value is -5.71. The average Bonchev–Trinajstić information content (AvgIpc) is 3.28. The molecule has 61 heavy (non-hydrogen) atoms. The standard InChI is InChI=1S/C52H50BNO6Si/c1-52(2,3)61(37-16-6-4-7-17-37,38-18-8-5-9-19-38)59-33-36-31-43-49(51(57)42-23-13-12-22-41(42)50(43)56)44-32-53(58)60-47(48(36)44)28-26-35(45-24-14-15-29-54-45)30-34-25-27-46(55)40-21-11-10-20-39(34)40/h4-25,27,29-30,43-44,47,49,55,58H,26,28,31-33H2,1-3H3/b35-30-/t43-,44+,47-,49-/m1/s1. The molecule has 1 fully saturated rings. The zero-order chi connectivity index (χ0) is 42.3. The van der Waals surface area contributed by atoms with Crippen LogP contribution in [0.25, 0.3) is 22.4 Å². The predicted octanol–water partition coefficient (Wildman–Crippen LogP) is 9.35. The highest BCUT2D eigenvalue weighted by atomic mass is 28.4. The maximum Gasteiger partial charge on any atom is 0.455 e. The Labute approximate surface area is 359 Å². The molecule has 2 aliphatic carbocycles. The molecule has 1 aliphatic heterocycles. The van der Waals surface area contributed by atoms with E-state index < -0.39 is 39.3 Å². The van der Waals surface area contributed by atoms with Crippen molar-refractivity contribution in [1.29, 1.82) is 0 Å². The van der Waals surface area contributed by atoms with Gasteiger partial charge in [-0.3, -0.25) is 14.6 Å². The van der Waals surface area contributed by atoms with Crippen molar-refractivity contribution in [3.8, 4) is 5.75 Å². The lowest BCUT2D eigenvalue weighted by Crippen LogP contribution is -2.66. The highest BCUT2D eigenvalue weighted by molar-refractivity contribution is 6.99. The Balaban J connectivity index is 1.16. The Bertz CT molecular complexity index is 2620. The number of allylic oxidation sites excluding steroid dienone is 1. The van der Waals surface area contributed by atoms with Gasteiger partial charge in [0.15, 0.2) is 11.6 Å². The molecular formula is C52H50BNO6Si. The number of phenols is 1. The zero-order valence-electron chi connectivity index (χ0n) is 34.8. The summed E-state index contributed by atoms with van der Waals surface area (Å²) in [7, 11) is -4.14. The molecule has 3 aliphatic rings. The van der Waals surface area contributed by atoms with E-state index in [9.17, 15) is 19.7 Å². The Kier molecular flexibility index (Phi) is 11.1. The van der Waals surface area contributed by atoms with Gasteiger partial charge in [-0.25, -0.2) is 0 Å². The fourth-order valence-corrected chi connectivity index (χ4v) is 15.0. The van der Waals surface area contributed by atoms with Gasteiger partial charge < -0.3 is 19.2 Å². The number of rotatable bonds is 10. The molecule has 0 saturated carbocycles. The molecule has 2 heterocycles. The first-order chi connectivity index (χ1) is 29.5. The maximum absolute atomic E-state index is 14.6. The van der Waals surface area contributed by atoms with Gasteiger partial charge in [0.05, 0.1) is 18.4 Å². The lowest BCUT2D eigenvalue weighted by molar-refractivity contribution is 0.0592. The highest BCUT2D eigenvalue weighted by Crippen LogP contribution is 2.52. The van der Waals surface area contributed by atoms with Crippen LogP contribution in [0.15, 0.2) is 157 Å². The monoisotopic (exact) mass is 823 g/mol. The van der Waals surface area contributed by atoms with Gasteiger partial charge in [-0.05, 0) is 98.9 Å². The summed E-state index contributed by atoms with van der Waals surface area (Å²) in [6, 6.07) is 45.5. The number of pyridine rings is 1. The summed E-state index contributed by atoms with van der Waals surface area (Å²) in [5.41, 5.74) is 5.60. The molecule has 0 amide bonds. The Morgan fingerprint density at radius 3 is 2.07 bits per heavy atom. The smallest absolute Gasteiger partial charge is 0.455 e. The van der Waals surface area contributed by atoms with Crippen molar-refractivity contribution in [1.82, 2.24) is 4.98 Å². The first-order valence-corrected chi connectivity index (χ1v) is 23.3. The third-order valence-electron chi connectivity index (χ3n) is 13.2. The Morgan fingerprint density at radius 2 is 1.41 bits per heavy atom. The normalized spacial score (nSPS) is 20.7. The number of Topliss-reactive ketones (excluding diaryl/α,β-unsaturated/α-hetero) is 2. The van der Waals surface area contributed by atoms with Crippen LogP contribution in [0.2, 0.25) is 11.4 Å². The molecule has 7 nitrogen and oxygen atoms in total. The number of carbonyl (C=O) groups excluding carboxylic acids is 2. The molecule has 0 radical (unpaired) electrons. The van der Waals surface area contributed by atoms with Gasteiger partial charge in [-0.2, -0.15) is 0 Å². The fraction of sp³-hybridized carbons (Fsp3) is 0.250. The Morgan fingerprint density at radius 1 is 0.787 bits per heavy atom. The van der Waals surface area contributed by atoms with Crippen molar-refractivity contribution in [3.63, 3.8) is 0 Å². The fourth-order valence-electron chi connectivity index (χ4n) is 10.5. The molecule has 0 unspecified atom stereocenters. The number of aromatic hydroxyl groups is 1. The summed E-state index contributed by atoms with van der Waals surface area (Å²) in [5.74, 6) is -1.47. The number of benzene rings is 5. The summed E-state index contributed by atoms with van der Waals surface area (Å²) in [6.07, 6.45) is 4.94. The second-order valence-electron chi connectivity index (χ2n) is 17.7. The molecule has 1 aromatic heterocycles. The van der Waals surface area contributed by atoms with Crippen molar-refractivity contribution in [2.75, 3.05) is 6.61 Å². The van der Waals surface area contributed by atoms with E-state index in [-0.39, 0.29) is 35.3 Å². The van der Waals surface area contributed by atoms with Crippen molar-refractivity contribution in [2.24, 2.45) is 17.8 Å². The number of hydrogen-bond acceptors (Lipinski definition) is 7. The summed E-state index contributed by atoms with van der Waals surface area (Å²) in [4.78, 5) is 33.9. The van der Waals surface area contributed by atoms with Crippen molar-refractivity contribution < 1.29 is 28.8 Å². The zero-order valence-corrected chi connectivity index (χ0v) is 35.8. The highest BCUT2D eigenvalue weighted by Gasteiger charge is 2.55. The summed E-state index contributed by atoms with van der Waals surface area (Å²) in [5, 5.41) is 25.9. The average molecular weight is 824 g/mol. The summed E-state index contributed by atoms with van der Waals surface area (Å²) >= 11 is 0. The lowest BCUT2D eigenvalue weighted by Gasteiger charge is -2.48. The number of fused-ring (bicyclic) bond motifs is 5. The van der Waals surface area contributed by atoms with Gasteiger partial charge in [0.25, 0.3) is 8.32 Å². The predicted molar refractivity (Wildman–Crippen MR) is 245 cm³/mol. The molecular weight excluding hydrogens is 773 g/mol. The molecule has 9 heteroatoms. The van der Waals surface area contributed by atoms with Gasteiger partial charge in [-0.15, -0.1) is 0 Å². The molecule has 0 bridgehead atoms. The van der Waals surface area contributed by atoms with E-state index in [0.29, 0.717) is 30.4 Å². The molecule has 1 saturated heterocycles. The van der Waals surface area contributed by atoms with Gasteiger partial charge in [-0.1, -0.05) is 142 Å². The lowest BCUT2D eigenvalue weighted by atomic mass is 9.54. The minimum absolute atomic E-state index is 0.0266. The van der Waals surface area contributed by atoms with Crippen molar-refractivity contribution >= 4 is 59.8 Å². The minimum atomic E-state index is -3.02. The van der Waals surface area contributed by atoms with Crippen LogP contribution in [-0.2, 0) is 9.08 Å². The molecule has 6 aromatic rings. The summed E-state index contributed by atoms with van der Waals surface area (Å²) in [6.45, 7) is 7.01. The van der Waals surface area contributed by atoms with Crippen LogP contribution >= 0.6 is 0 Å². The minimum Gasteiger partial charge on any atom is -0.507 e. The second-order valence-corrected chi connectivity index (χ2v) is 22.0. The molecule has 2 N–H and O–H groups in total. The second kappa shape index (κ2) is 16.6. The number of nitrogens with zero attached hydrogens (tertiary/aromatic N) is 1. The largest absolute Gasteiger partial charge is 0.507 e. The van der Waals surface area contributed by atoms with Gasteiger partial charge in [0.2, 0.25) is 0 Å². The number of phenolic OH excluding ortho intramolecular Hbond substituents is 1. The van der Waals surface area contributed by atoms with E-state index in [4.69, 9.17) is 14.1 Å². The molecule has 306 valence electrons. The molecule has 0 spiro atoms. The van der Waals surface area contributed by atoms with Gasteiger partial charge in [0.1, 0.15) is 5.75 Å². The number of hydrogen-bond donors (Lipinski definition) is 2. The number of aromatic nitrogens is 1. The van der Waals surface area contributed by atoms with Crippen molar-refractivity contribution in [3.05, 3.63) is 179 Å². The van der Waals surface area contributed by atoms with Crippen LogP contribution in [0, 0.1) is 17.8 Å². The number of carbonyl (C=O) groups is 2. The van der Waals surface area contributed by atoms with E-state index in [1.807, 2.05) is 72.8 Å². The third kappa shape index (κ3) is 7.44.